The van der Waals surface area contributed by atoms with Gasteiger partial charge >= 0.3 is 0 Å². The van der Waals surface area contributed by atoms with Gasteiger partial charge in [0.25, 0.3) is 5.88 Å². The maximum Gasteiger partial charge on any atom is 0.252 e. The number of hydrogen-bond donors (Lipinski definition) is 1. The van der Waals surface area contributed by atoms with Gasteiger partial charge in [0.05, 0.1) is 6.61 Å². The molecule has 4 nitrogen and oxygen atoms in total. The monoisotopic (exact) mass is 279 g/mol. The molecular weight excluding hydrogens is 264 g/mol. The Hall–Kier alpha value is -2.24. The van der Waals surface area contributed by atoms with Crippen LogP contribution in [0.1, 0.15) is 12.0 Å². The molecule has 6 heteroatoms. The lowest BCUT2D eigenvalue weighted by Gasteiger charge is -2.08. The number of halogens is 2. The Balaban J connectivity index is 1.88. The summed E-state index contributed by atoms with van der Waals surface area (Å²) in [6.07, 6.45) is 4.94. The van der Waals surface area contributed by atoms with Gasteiger partial charge in [-0.25, -0.2) is 8.78 Å². The third-order valence-electron chi connectivity index (χ3n) is 2.73. The topological polar surface area (TPSA) is 47.0 Å². The van der Waals surface area contributed by atoms with Crippen LogP contribution in [0.4, 0.5) is 14.6 Å². The summed E-state index contributed by atoms with van der Waals surface area (Å²) in [5.41, 5.74) is 1.13. The number of rotatable bonds is 6. The second-order valence-corrected chi connectivity index (χ2v) is 4.16. The predicted octanol–water partition coefficient (Wildman–Crippen LogP) is 2.81. The van der Waals surface area contributed by atoms with Crippen molar-refractivity contribution < 1.29 is 13.5 Å². The Morgan fingerprint density at radius 3 is 2.65 bits per heavy atom. The molecule has 0 spiro atoms. The Labute approximate surface area is 115 Å². The minimum Gasteiger partial charge on any atom is -0.476 e. The molecule has 0 amide bonds. The lowest BCUT2D eigenvalue weighted by molar-refractivity contribution is 0.282. The maximum atomic E-state index is 13.5. The Morgan fingerprint density at radius 1 is 1.20 bits per heavy atom. The van der Waals surface area contributed by atoms with Crippen molar-refractivity contribution in [3.05, 3.63) is 47.8 Å². The van der Waals surface area contributed by atoms with E-state index in [-0.39, 0.29) is 11.7 Å². The lowest BCUT2D eigenvalue weighted by atomic mass is 10.1. The standard InChI is InChI=1S/C14H15F2N3O/c1-17-13-11(15)9-12(16)14(19-13)20-8-2-3-10-4-6-18-7-5-10/h4-7,9H,2-3,8H2,1H3,(H,17,19). The quantitative estimate of drug-likeness (QED) is 0.826. The van der Waals surface area contributed by atoms with Gasteiger partial charge in [-0.3, -0.25) is 4.98 Å². The average molecular weight is 279 g/mol. The summed E-state index contributed by atoms with van der Waals surface area (Å²) in [5, 5.41) is 2.54. The molecule has 0 aliphatic carbocycles. The molecule has 0 atom stereocenters. The molecule has 2 aromatic heterocycles. The zero-order chi connectivity index (χ0) is 14.4. The van der Waals surface area contributed by atoms with Gasteiger partial charge in [0.15, 0.2) is 17.5 Å². The van der Waals surface area contributed by atoms with Crippen LogP contribution >= 0.6 is 0 Å². The van der Waals surface area contributed by atoms with E-state index in [4.69, 9.17) is 4.74 Å². The van der Waals surface area contributed by atoms with Crippen LogP contribution in [0.15, 0.2) is 30.6 Å². The van der Waals surface area contributed by atoms with Crippen molar-refractivity contribution in [3.63, 3.8) is 0 Å². The van der Waals surface area contributed by atoms with Gasteiger partial charge in [-0.15, -0.1) is 0 Å². The van der Waals surface area contributed by atoms with Gasteiger partial charge in [0, 0.05) is 25.5 Å². The zero-order valence-electron chi connectivity index (χ0n) is 11.1. The summed E-state index contributed by atoms with van der Waals surface area (Å²) >= 11 is 0. The van der Waals surface area contributed by atoms with Crippen LogP contribution in [-0.4, -0.2) is 23.6 Å². The van der Waals surface area contributed by atoms with E-state index in [1.165, 1.54) is 7.05 Å². The molecule has 0 saturated heterocycles. The highest BCUT2D eigenvalue weighted by Crippen LogP contribution is 2.20. The number of aryl methyl sites for hydroxylation is 1. The number of aromatic nitrogens is 2. The lowest BCUT2D eigenvalue weighted by Crippen LogP contribution is -2.06. The van der Waals surface area contributed by atoms with Crippen molar-refractivity contribution in [2.75, 3.05) is 19.0 Å². The van der Waals surface area contributed by atoms with E-state index in [9.17, 15) is 8.78 Å². The molecule has 0 aromatic carbocycles. The SMILES string of the molecule is CNc1nc(OCCCc2ccncc2)c(F)cc1F. The Kier molecular flexibility index (Phi) is 4.81. The molecule has 0 unspecified atom stereocenters. The highest BCUT2D eigenvalue weighted by molar-refractivity contribution is 5.38. The maximum absolute atomic E-state index is 13.5. The second kappa shape index (κ2) is 6.79. The molecule has 0 bridgehead atoms. The van der Waals surface area contributed by atoms with Crippen LogP contribution in [0.2, 0.25) is 0 Å². The van der Waals surface area contributed by atoms with Crippen LogP contribution in [-0.2, 0) is 6.42 Å². The number of ether oxygens (including phenoxy) is 1. The Morgan fingerprint density at radius 2 is 1.95 bits per heavy atom. The first-order valence-electron chi connectivity index (χ1n) is 6.26. The van der Waals surface area contributed by atoms with Crippen molar-refractivity contribution in [1.82, 2.24) is 9.97 Å². The van der Waals surface area contributed by atoms with E-state index in [1.807, 2.05) is 12.1 Å². The van der Waals surface area contributed by atoms with Gasteiger partial charge in [-0.1, -0.05) is 0 Å². The molecule has 0 saturated carbocycles. The van der Waals surface area contributed by atoms with Crippen molar-refractivity contribution in [2.24, 2.45) is 0 Å². The van der Waals surface area contributed by atoms with Crippen molar-refractivity contribution in [3.8, 4) is 5.88 Å². The molecule has 0 fully saturated rings. The molecule has 0 aliphatic rings. The minimum atomic E-state index is -0.801. The Bertz CT molecular complexity index is 564. The summed E-state index contributed by atoms with van der Waals surface area (Å²) < 4.78 is 31.9. The highest BCUT2D eigenvalue weighted by Gasteiger charge is 2.11. The smallest absolute Gasteiger partial charge is 0.252 e. The number of pyridine rings is 2. The van der Waals surface area contributed by atoms with Gasteiger partial charge in [0.2, 0.25) is 0 Å². The molecule has 20 heavy (non-hydrogen) atoms. The van der Waals surface area contributed by atoms with E-state index >= 15 is 0 Å². The molecule has 106 valence electrons. The highest BCUT2D eigenvalue weighted by atomic mass is 19.1. The molecule has 2 heterocycles. The molecular formula is C14H15F2N3O. The van der Waals surface area contributed by atoms with E-state index in [2.05, 4.69) is 15.3 Å². The van der Waals surface area contributed by atoms with Gasteiger partial charge < -0.3 is 10.1 Å². The van der Waals surface area contributed by atoms with E-state index < -0.39 is 11.6 Å². The van der Waals surface area contributed by atoms with Crippen molar-refractivity contribution in [2.45, 2.75) is 12.8 Å². The van der Waals surface area contributed by atoms with Crippen LogP contribution in [0, 0.1) is 11.6 Å². The second-order valence-electron chi connectivity index (χ2n) is 4.16. The predicted molar refractivity (Wildman–Crippen MR) is 71.8 cm³/mol. The van der Waals surface area contributed by atoms with Crippen molar-refractivity contribution in [1.29, 1.82) is 0 Å². The summed E-state index contributed by atoms with van der Waals surface area (Å²) in [6.45, 7) is 0.307. The fraction of sp³-hybridized carbons (Fsp3) is 0.286. The van der Waals surface area contributed by atoms with Crippen LogP contribution in [0.3, 0.4) is 0 Å². The first-order chi connectivity index (χ1) is 9.70. The molecule has 2 rings (SSSR count). The van der Waals surface area contributed by atoms with Gasteiger partial charge in [0.1, 0.15) is 0 Å². The number of nitrogens with zero attached hydrogens (tertiary/aromatic N) is 2. The van der Waals surface area contributed by atoms with Gasteiger partial charge in [-0.05, 0) is 30.5 Å². The van der Waals surface area contributed by atoms with Crippen molar-refractivity contribution >= 4 is 5.82 Å². The van der Waals surface area contributed by atoms with Crippen LogP contribution in [0.5, 0.6) is 5.88 Å². The first kappa shape index (κ1) is 14.2. The van der Waals surface area contributed by atoms with E-state index in [0.717, 1.165) is 18.1 Å². The van der Waals surface area contributed by atoms with Crippen LogP contribution in [0.25, 0.3) is 0 Å². The summed E-state index contributed by atoms with van der Waals surface area (Å²) in [7, 11) is 1.51. The minimum absolute atomic E-state index is 0.0319. The normalized spacial score (nSPS) is 10.3. The fourth-order valence-corrected chi connectivity index (χ4v) is 1.72. The number of hydrogen-bond acceptors (Lipinski definition) is 4. The largest absolute Gasteiger partial charge is 0.476 e. The third-order valence-corrected chi connectivity index (χ3v) is 2.73. The van der Waals surface area contributed by atoms with Crippen LogP contribution < -0.4 is 10.1 Å². The average Bonchev–Trinajstić information content (AvgIpc) is 2.46. The summed E-state index contributed by atoms with van der Waals surface area (Å²) in [4.78, 5) is 7.67. The third kappa shape index (κ3) is 3.63. The fourth-order valence-electron chi connectivity index (χ4n) is 1.72. The van der Waals surface area contributed by atoms with E-state index in [0.29, 0.717) is 13.0 Å². The summed E-state index contributed by atoms with van der Waals surface area (Å²) in [5.74, 6) is -1.76. The zero-order valence-corrected chi connectivity index (χ0v) is 11.1. The number of anilines is 1. The molecule has 0 radical (unpaired) electrons. The van der Waals surface area contributed by atoms with E-state index in [1.54, 1.807) is 12.4 Å². The number of nitrogens with one attached hydrogen (secondary N) is 1. The molecule has 0 aliphatic heterocycles. The molecule has 2 aromatic rings. The molecule has 1 N–H and O–H groups in total. The van der Waals surface area contributed by atoms with Gasteiger partial charge in [-0.2, -0.15) is 4.98 Å². The summed E-state index contributed by atoms with van der Waals surface area (Å²) in [6, 6.07) is 4.59. The first-order valence-corrected chi connectivity index (χ1v) is 6.26.